The molecule has 2 aromatic rings. The summed E-state index contributed by atoms with van der Waals surface area (Å²) in [6.07, 6.45) is 1.62. The summed E-state index contributed by atoms with van der Waals surface area (Å²) in [4.78, 5) is 14.7. The van der Waals surface area contributed by atoms with E-state index in [-0.39, 0.29) is 17.5 Å². The Morgan fingerprint density at radius 1 is 1.12 bits per heavy atom. The monoisotopic (exact) mass is 347 g/mol. The quantitative estimate of drug-likeness (QED) is 0.599. The number of hydrogen-bond donors (Lipinski definition) is 1. The number of nitriles is 1. The number of anilines is 1. The first-order valence-electron chi connectivity index (χ1n) is 8.91. The fraction of sp³-hybridized carbons (Fsp3) is 0.273. The lowest BCUT2D eigenvalue weighted by Gasteiger charge is -2.20. The Hall–Kier alpha value is -3.06. The van der Waals surface area contributed by atoms with Gasteiger partial charge in [-0.05, 0) is 50.1 Å². The van der Waals surface area contributed by atoms with Crippen LogP contribution in [0.4, 0.5) is 5.69 Å². The number of benzene rings is 2. The summed E-state index contributed by atoms with van der Waals surface area (Å²) < 4.78 is 0. The normalized spacial score (nSPS) is 12.2. The fourth-order valence-corrected chi connectivity index (χ4v) is 2.78. The molecule has 0 saturated heterocycles. The molecule has 4 heteroatoms. The Labute approximate surface area is 155 Å². The molecule has 4 nitrogen and oxygen atoms in total. The van der Waals surface area contributed by atoms with Crippen LogP contribution in [-0.2, 0) is 4.79 Å². The lowest BCUT2D eigenvalue weighted by Crippen LogP contribution is -2.27. The number of nitrogens with one attached hydrogen (secondary N) is 1. The van der Waals surface area contributed by atoms with E-state index in [1.807, 2.05) is 67.6 Å². The number of carbonyl (C=O) groups is 1. The van der Waals surface area contributed by atoms with E-state index in [2.05, 4.69) is 24.1 Å². The van der Waals surface area contributed by atoms with E-state index in [1.165, 1.54) is 0 Å². The molecule has 1 amide bonds. The average Bonchev–Trinajstić information content (AvgIpc) is 2.68. The van der Waals surface area contributed by atoms with Gasteiger partial charge in [-0.1, -0.05) is 42.5 Å². The predicted molar refractivity (Wildman–Crippen MR) is 107 cm³/mol. The summed E-state index contributed by atoms with van der Waals surface area (Å²) >= 11 is 0. The third kappa shape index (κ3) is 4.97. The molecule has 0 aliphatic heterocycles. The van der Waals surface area contributed by atoms with E-state index in [1.54, 1.807) is 6.08 Å². The van der Waals surface area contributed by atoms with Crippen LogP contribution in [0.25, 0.3) is 6.08 Å². The van der Waals surface area contributed by atoms with Crippen LogP contribution >= 0.6 is 0 Å². The predicted octanol–water partition coefficient (Wildman–Crippen LogP) is 4.32. The van der Waals surface area contributed by atoms with Gasteiger partial charge >= 0.3 is 0 Å². The number of hydrogen-bond acceptors (Lipinski definition) is 3. The Balaban J connectivity index is 2.11. The molecule has 0 bridgehead atoms. The summed E-state index contributed by atoms with van der Waals surface area (Å²) in [6, 6.07) is 19.4. The van der Waals surface area contributed by atoms with E-state index in [9.17, 15) is 10.1 Å². The second-order valence-electron chi connectivity index (χ2n) is 6.04. The van der Waals surface area contributed by atoms with Crippen LogP contribution in [0.1, 0.15) is 37.9 Å². The van der Waals surface area contributed by atoms with Gasteiger partial charge in [0.2, 0.25) is 0 Å². The van der Waals surface area contributed by atoms with E-state index in [0.717, 1.165) is 29.9 Å². The van der Waals surface area contributed by atoms with Gasteiger partial charge in [0.25, 0.3) is 5.91 Å². The molecule has 1 N–H and O–H groups in total. The van der Waals surface area contributed by atoms with Gasteiger partial charge in [0.05, 0.1) is 6.04 Å². The minimum atomic E-state index is -0.364. The van der Waals surface area contributed by atoms with Crippen molar-refractivity contribution in [3.8, 4) is 6.07 Å². The van der Waals surface area contributed by atoms with Gasteiger partial charge in [-0.15, -0.1) is 0 Å². The Kier molecular flexibility index (Phi) is 6.99. The van der Waals surface area contributed by atoms with Gasteiger partial charge < -0.3 is 10.2 Å². The standard InChI is InChI=1S/C22H25N3O/c1-4-25(5-2)21-13-11-18(12-14-21)15-20(16-23)22(26)24-17(3)19-9-7-6-8-10-19/h6-15,17H,4-5H2,1-3H3,(H,24,26). The molecule has 2 aromatic carbocycles. The highest BCUT2D eigenvalue weighted by Gasteiger charge is 2.13. The van der Waals surface area contributed by atoms with E-state index in [4.69, 9.17) is 0 Å². The van der Waals surface area contributed by atoms with Crippen LogP contribution in [0.2, 0.25) is 0 Å². The summed E-state index contributed by atoms with van der Waals surface area (Å²) in [6.45, 7) is 8.01. The van der Waals surface area contributed by atoms with Gasteiger partial charge in [0, 0.05) is 18.8 Å². The molecule has 0 saturated carbocycles. The Morgan fingerprint density at radius 3 is 2.27 bits per heavy atom. The van der Waals surface area contributed by atoms with Gasteiger partial charge in [-0.25, -0.2) is 0 Å². The highest BCUT2D eigenvalue weighted by atomic mass is 16.1. The van der Waals surface area contributed by atoms with Crippen LogP contribution in [0, 0.1) is 11.3 Å². The van der Waals surface area contributed by atoms with Crippen molar-refractivity contribution in [1.82, 2.24) is 5.32 Å². The van der Waals surface area contributed by atoms with E-state index < -0.39 is 0 Å². The van der Waals surface area contributed by atoms with Crippen molar-refractivity contribution in [2.75, 3.05) is 18.0 Å². The zero-order valence-corrected chi connectivity index (χ0v) is 15.6. The van der Waals surface area contributed by atoms with E-state index in [0.29, 0.717) is 0 Å². The van der Waals surface area contributed by atoms with Crippen molar-refractivity contribution in [3.63, 3.8) is 0 Å². The minimum Gasteiger partial charge on any atom is -0.372 e. The zero-order valence-electron chi connectivity index (χ0n) is 15.6. The Bertz CT molecular complexity index is 784. The number of rotatable bonds is 7. The molecule has 0 spiro atoms. The van der Waals surface area contributed by atoms with Crippen molar-refractivity contribution in [2.24, 2.45) is 0 Å². The molecule has 0 aliphatic rings. The molecule has 1 unspecified atom stereocenters. The maximum atomic E-state index is 12.4. The average molecular weight is 347 g/mol. The van der Waals surface area contributed by atoms with Crippen molar-refractivity contribution in [2.45, 2.75) is 26.8 Å². The summed E-state index contributed by atoms with van der Waals surface area (Å²) in [5.74, 6) is -0.364. The zero-order chi connectivity index (χ0) is 18.9. The molecule has 0 radical (unpaired) electrons. The molecule has 0 aliphatic carbocycles. The molecule has 0 fully saturated rings. The summed E-state index contributed by atoms with van der Waals surface area (Å²) in [5, 5.41) is 12.3. The largest absolute Gasteiger partial charge is 0.372 e. The minimum absolute atomic E-state index is 0.100. The third-order valence-corrected chi connectivity index (χ3v) is 4.34. The molecular formula is C22H25N3O. The highest BCUT2D eigenvalue weighted by Crippen LogP contribution is 2.17. The first-order chi connectivity index (χ1) is 12.6. The first-order valence-corrected chi connectivity index (χ1v) is 8.91. The van der Waals surface area contributed by atoms with E-state index >= 15 is 0 Å². The molecule has 0 heterocycles. The van der Waals surface area contributed by atoms with Crippen LogP contribution in [0.3, 0.4) is 0 Å². The molecule has 2 rings (SSSR count). The summed E-state index contributed by atoms with van der Waals surface area (Å²) in [5.41, 5.74) is 3.07. The van der Waals surface area contributed by atoms with Gasteiger partial charge in [0.15, 0.2) is 0 Å². The first kappa shape index (κ1) is 19.3. The molecule has 1 atom stereocenters. The third-order valence-electron chi connectivity index (χ3n) is 4.34. The maximum Gasteiger partial charge on any atom is 0.262 e. The van der Waals surface area contributed by atoms with Crippen molar-refractivity contribution in [3.05, 3.63) is 71.3 Å². The SMILES string of the molecule is CCN(CC)c1ccc(C=C(C#N)C(=O)NC(C)c2ccccc2)cc1. The number of amides is 1. The lowest BCUT2D eigenvalue weighted by molar-refractivity contribution is -0.117. The van der Waals surface area contributed by atoms with Crippen molar-refractivity contribution < 1.29 is 4.79 Å². The van der Waals surface area contributed by atoms with Gasteiger partial charge in [0.1, 0.15) is 11.6 Å². The second kappa shape index (κ2) is 9.43. The van der Waals surface area contributed by atoms with Gasteiger partial charge in [-0.2, -0.15) is 5.26 Å². The molecule has 134 valence electrons. The number of carbonyl (C=O) groups excluding carboxylic acids is 1. The van der Waals surface area contributed by atoms with Gasteiger partial charge in [-0.3, -0.25) is 4.79 Å². The van der Waals surface area contributed by atoms with Crippen molar-refractivity contribution >= 4 is 17.7 Å². The number of nitrogens with zero attached hydrogens (tertiary/aromatic N) is 2. The fourth-order valence-electron chi connectivity index (χ4n) is 2.78. The van der Waals surface area contributed by atoms with Crippen LogP contribution < -0.4 is 10.2 Å². The summed E-state index contributed by atoms with van der Waals surface area (Å²) in [7, 11) is 0. The van der Waals surface area contributed by atoms with Crippen LogP contribution in [0.15, 0.2) is 60.2 Å². The second-order valence-corrected chi connectivity index (χ2v) is 6.04. The maximum absolute atomic E-state index is 12.4. The highest BCUT2D eigenvalue weighted by molar-refractivity contribution is 6.01. The molecule has 26 heavy (non-hydrogen) atoms. The smallest absolute Gasteiger partial charge is 0.262 e. The Morgan fingerprint density at radius 2 is 1.73 bits per heavy atom. The molecule has 0 aromatic heterocycles. The van der Waals surface area contributed by atoms with Crippen LogP contribution in [-0.4, -0.2) is 19.0 Å². The molecular weight excluding hydrogens is 322 g/mol. The topological polar surface area (TPSA) is 56.1 Å². The lowest BCUT2D eigenvalue weighted by atomic mass is 10.1. The van der Waals surface area contributed by atoms with Crippen LogP contribution in [0.5, 0.6) is 0 Å². The van der Waals surface area contributed by atoms with Crippen molar-refractivity contribution in [1.29, 1.82) is 5.26 Å².